The lowest BCUT2D eigenvalue weighted by atomic mass is 10.1. The largest absolute Gasteiger partial charge is 0.497 e. The third-order valence-electron chi connectivity index (χ3n) is 4.68. The van der Waals surface area contributed by atoms with Gasteiger partial charge in [0.2, 0.25) is 0 Å². The van der Waals surface area contributed by atoms with Crippen LogP contribution in [0.15, 0.2) is 42.6 Å². The van der Waals surface area contributed by atoms with Crippen LogP contribution in [0.2, 0.25) is 0 Å². The summed E-state index contributed by atoms with van der Waals surface area (Å²) in [6.45, 7) is 4.13. The number of aromatic nitrogens is 1. The van der Waals surface area contributed by atoms with Crippen molar-refractivity contribution in [2.75, 3.05) is 52.3 Å². The third-order valence-corrected chi connectivity index (χ3v) is 4.68. The predicted molar refractivity (Wildman–Crippen MR) is 103 cm³/mol. The molecule has 2 aromatic rings. The highest BCUT2D eigenvalue weighted by Gasteiger charge is 2.22. The molecule has 0 radical (unpaired) electrons. The van der Waals surface area contributed by atoms with Gasteiger partial charge in [0.05, 0.1) is 12.7 Å². The molecule has 0 unspecified atom stereocenters. The number of methoxy groups -OCH3 is 1. The Balaban J connectivity index is 1.53. The fourth-order valence-electron chi connectivity index (χ4n) is 3.06. The summed E-state index contributed by atoms with van der Waals surface area (Å²) in [4.78, 5) is 23.2. The average molecular weight is 354 g/mol. The molecular weight excluding hydrogens is 328 g/mol. The molecule has 6 nitrogen and oxygen atoms in total. The van der Waals surface area contributed by atoms with E-state index in [1.807, 2.05) is 48.2 Å². The molecule has 1 aromatic heterocycles. The maximum absolute atomic E-state index is 12.7. The van der Waals surface area contributed by atoms with Crippen LogP contribution in [0.4, 0.5) is 5.82 Å². The number of hydrogen-bond acceptors (Lipinski definition) is 5. The summed E-state index contributed by atoms with van der Waals surface area (Å²) >= 11 is 0. The molecule has 1 saturated heterocycles. The Morgan fingerprint density at radius 1 is 1.08 bits per heavy atom. The summed E-state index contributed by atoms with van der Waals surface area (Å²) in [5, 5.41) is 0. The molecule has 0 N–H and O–H groups in total. The Morgan fingerprint density at radius 2 is 1.77 bits per heavy atom. The number of carbonyl (C=O) groups excluding carboxylic acids is 1. The van der Waals surface area contributed by atoms with Gasteiger partial charge in [-0.2, -0.15) is 0 Å². The monoisotopic (exact) mass is 354 g/mol. The van der Waals surface area contributed by atoms with E-state index in [0.29, 0.717) is 5.56 Å². The minimum absolute atomic E-state index is 0.0619. The Bertz CT molecular complexity index is 720. The van der Waals surface area contributed by atoms with Crippen LogP contribution in [-0.2, 0) is 6.54 Å². The molecule has 1 aliphatic heterocycles. The number of carbonyl (C=O) groups is 1. The first-order valence-electron chi connectivity index (χ1n) is 8.85. The van der Waals surface area contributed by atoms with Crippen LogP contribution in [0.25, 0.3) is 0 Å². The normalized spacial score (nSPS) is 15.0. The van der Waals surface area contributed by atoms with Crippen molar-refractivity contribution in [2.24, 2.45) is 0 Å². The van der Waals surface area contributed by atoms with E-state index in [-0.39, 0.29) is 5.91 Å². The van der Waals surface area contributed by atoms with Gasteiger partial charge < -0.3 is 14.5 Å². The van der Waals surface area contributed by atoms with Crippen molar-refractivity contribution in [2.45, 2.75) is 6.54 Å². The van der Waals surface area contributed by atoms with Crippen molar-refractivity contribution in [1.82, 2.24) is 14.8 Å². The average Bonchev–Trinajstić information content (AvgIpc) is 2.69. The summed E-state index contributed by atoms with van der Waals surface area (Å²) < 4.78 is 5.20. The van der Waals surface area contributed by atoms with Crippen LogP contribution in [0.3, 0.4) is 0 Å². The van der Waals surface area contributed by atoms with E-state index < -0.39 is 0 Å². The maximum atomic E-state index is 12.7. The Hall–Kier alpha value is -2.60. The molecule has 1 fully saturated rings. The molecule has 1 aliphatic rings. The number of ether oxygens (including phenoxy) is 1. The maximum Gasteiger partial charge on any atom is 0.255 e. The summed E-state index contributed by atoms with van der Waals surface area (Å²) in [5.41, 5.74) is 1.91. The Kier molecular flexibility index (Phi) is 5.73. The minimum atomic E-state index is 0.0619. The lowest BCUT2D eigenvalue weighted by Crippen LogP contribution is -2.48. The molecule has 0 saturated carbocycles. The summed E-state index contributed by atoms with van der Waals surface area (Å²) in [7, 11) is 5.55. The van der Waals surface area contributed by atoms with Crippen molar-refractivity contribution < 1.29 is 9.53 Å². The van der Waals surface area contributed by atoms with Crippen molar-refractivity contribution in [3.05, 3.63) is 53.7 Å². The second-order valence-corrected chi connectivity index (χ2v) is 6.72. The molecule has 6 heteroatoms. The number of hydrogen-bond donors (Lipinski definition) is 0. The summed E-state index contributed by atoms with van der Waals surface area (Å²) in [6.07, 6.45) is 1.67. The van der Waals surface area contributed by atoms with Crippen molar-refractivity contribution >= 4 is 11.7 Å². The number of amides is 1. The minimum Gasteiger partial charge on any atom is -0.497 e. The highest BCUT2D eigenvalue weighted by atomic mass is 16.5. The lowest BCUT2D eigenvalue weighted by molar-refractivity contribution is 0.0628. The van der Waals surface area contributed by atoms with Crippen LogP contribution in [0.1, 0.15) is 15.9 Å². The first kappa shape index (κ1) is 18.2. The molecule has 138 valence electrons. The fourth-order valence-corrected chi connectivity index (χ4v) is 3.06. The van der Waals surface area contributed by atoms with Gasteiger partial charge in [-0.05, 0) is 29.8 Å². The van der Waals surface area contributed by atoms with E-state index in [0.717, 1.165) is 44.3 Å². The first-order chi connectivity index (χ1) is 12.6. The van der Waals surface area contributed by atoms with Gasteiger partial charge in [-0.1, -0.05) is 12.1 Å². The van der Waals surface area contributed by atoms with Gasteiger partial charge in [-0.25, -0.2) is 4.98 Å². The van der Waals surface area contributed by atoms with Crippen LogP contribution in [-0.4, -0.2) is 68.1 Å². The topological polar surface area (TPSA) is 48.9 Å². The number of pyridine rings is 1. The van der Waals surface area contributed by atoms with Crippen molar-refractivity contribution in [1.29, 1.82) is 0 Å². The zero-order chi connectivity index (χ0) is 18.5. The van der Waals surface area contributed by atoms with Crippen molar-refractivity contribution in [3.8, 4) is 5.75 Å². The second kappa shape index (κ2) is 8.19. The molecule has 0 bridgehead atoms. The second-order valence-electron chi connectivity index (χ2n) is 6.72. The van der Waals surface area contributed by atoms with Gasteiger partial charge in [0.25, 0.3) is 5.91 Å². The van der Waals surface area contributed by atoms with Gasteiger partial charge in [-0.15, -0.1) is 0 Å². The van der Waals surface area contributed by atoms with Gasteiger partial charge in [-0.3, -0.25) is 9.69 Å². The number of anilines is 1. The fraction of sp³-hybridized carbons (Fsp3) is 0.400. The van der Waals surface area contributed by atoms with Gasteiger partial charge in [0, 0.05) is 53.0 Å². The lowest BCUT2D eigenvalue weighted by Gasteiger charge is -2.34. The smallest absolute Gasteiger partial charge is 0.255 e. The number of benzene rings is 1. The van der Waals surface area contributed by atoms with Crippen LogP contribution < -0.4 is 9.64 Å². The van der Waals surface area contributed by atoms with Crippen molar-refractivity contribution in [3.63, 3.8) is 0 Å². The molecule has 0 atom stereocenters. The zero-order valence-corrected chi connectivity index (χ0v) is 15.7. The van der Waals surface area contributed by atoms with E-state index in [9.17, 15) is 4.79 Å². The van der Waals surface area contributed by atoms with E-state index in [1.165, 1.54) is 5.56 Å². The van der Waals surface area contributed by atoms with E-state index >= 15 is 0 Å². The number of piperazine rings is 1. The van der Waals surface area contributed by atoms with Gasteiger partial charge >= 0.3 is 0 Å². The molecule has 1 amide bonds. The molecule has 3 rings (SSSR count). The van der Waals surface area contributed by atoms with E-state index in [2.05, 4.69) is 22.0 Å². The van der Waals surface area contributed by atoms with Crippen LogP contribution in [0.5, 0.6) is 5.75 Å². The highest BCUT2D eigenvalue weighted by Crippen LogP contribution is 2.15. The summed E-state index contributed by atoms with van der Waals surface area (Å²) in [5.74, 6) is 1.79. The molecular formula is C20H26N4O2. The first-order valence-corrected chi connectivity index (χ1v) is 8.85. The van der Waals surface area contributed by atoms with Gasteiger partial charge in [0.15, 0.2) is 0 Å². The predicted octanol–water partition coefficient (Wildman–Crippen LogP) is 2.11. The Labute approximate surface area is 155 Å². The van der Waals surface area contributed by atoms with Gasteiger partial charge in [0.1, 0.15) is 11.6 Å². The number of nitrogens with zero attached hydrogens (tertiary/aromatic N) is 4. The molecule has 2 heterocycles. The molecule has 0 spiro atoms. The zero-order valence-electron chi connectivity index (χ0n) is 15.7. The Morgan fingerprint density at radius 3 is 2.31 bits per heavy atom. The third kappa shape index (κ3) is 4.32. The number of rotatable bonds is 5. The standard InChI is InChI=1S/C20H26N4O2/c1-22(2)19-9-6-17(14-21-19)20(25)24-12-10-23(11-13-24)15-16-4-7-18(26-3)8-5-16/h4-9,14H,10-13,15H2,1-3H3. The van der Waals surface area contributed by atoms with Crippen LogP contribution >= 0.6 is 0 Å². The SMILES string of the molecule is COc1ccc(CN2CCN(C(=O)c3ccc(N(C)C)nc3)CC2)cc1. The van der Waals surface area contributed by atoms with Crippen LogP contribution in [0, 0.1) is 0 Å². The molecule has 0 aliphatic carbocycles. The molecule has 1 aromatic carbocycles. The quantitative estimate of drug-likeness (QED) is 0.823. The highest BCUT2D eigenvalue weighted by molar-refractivity contribution is 5.94. The molecule has 26 heavy (non-hydrogen) atoms. The van der Waals surface area contributed by atoms with E-state index in [1.54, 1.807) is 13.3 Å². The summed E-state index contributed by atoms with van der Waals surface area (Å²) in [6, 6.07) is 11.9. The van der Waals surface area contributed by atoms with E-state index in [4.69, 9.17) is 4.74 Å².